The first kappa shape index (κ1) is 19.1. The first-order valence-electron chi connectivity index (χ1n) is 9.33. The smallest absolute Gasteiger partial charge is 0.270 e. The number of hydrogen-bond donors (Lipinski definition) is 1. The van der Waals surface area contributed by atoms with Crippen LogP contribution in [-0.4, -0.2) is 45.7 Å². The van der Waals surface area contributed by atoms with Crippen LogP contribution in [-0.2, 0) is 11.3 Å². The number of carbonyl (C=O) groups excluding carboxylic acids is 2. The molecule has 1 aliphatic rings. The molecule has 2 amide bonds. The van der Waals surface area contributed by atoms with E-state index >= 15 is 0 Å². The van der Waals surface area contributed by atoms with E-state index < -0.39 is 0 Å². The number of aryl methyl sites for hydroxylation is 1. The summed E-state index contributed by atoms with van der Waals surface area (Å²) in [4.78, 5) is 32.3. The van der Waals surface area contributed by atoms with Gasteiger partial charge in [-0.05, 0) is 42.2 Å². The van der Waals surface area contributed by atoms with Crippen molar-refractivity contribution in [3.8, 4) is 0 Å². The zero-order chi connectivity index (χ0) is 19.6. The Morgan fingerprint density at radius 1 is 1.30 bits per heavy atom. The molecule has 5 nitrogen and oxygen atoms in total. The summed E-state index contributed by atoms with van der Waals surface area (Å²) in [5.41, 5.74) is 2.44. The summed E-state index contributed by atoms with van der Waals surface area (Å²) in [6.45, 7) is 7.36. The van der Waals surface area contributed by atoms with Gasteiger partial charge in [0.2, 0.25) is 5.91 Å². The SMILES string of the molecule is Cc1c[nH]c(C(=O)N2CCC(=O)N(Cc3ccc(F)cc3)[C@@H](C(C)C)C2)c1. The van der Waals surface area contributed by atoms with Crippen LogP contribution < -0.4 is 0 Å². The number of hydrogen-bond acceptors (Lipinski definition) is 2. The topological polar surface area (TPSA) is 56.4 Å². The van der Waals surface area contributed by atoms with Crippen molar-refractivity contribution in [1.82, 2.24) is 14.8 Å². The van der Waals surface area contributed by atoms with E-state index in [1.165, 1.54) is 12.1 Å². The predicted molar refractivity (Wildman–Crippen MR) is 102 cm³/mol. The Labute approximate surface area is 159 Å². The monoisotopic (exact) mass is 371 g/mol. The van der Waals surface area contributed by atoms with Gasteiger partial charge in [-0.3, -0.25) is 9.59 Å². The van der Waals surface area contributed by atoms with Gasteiger partial charge in [0.15, 0.2) is 0 Å². The summed E-state index contributed by atoms with van der Waals surface area (Å²) in [5.74, 6) is -0.159. The summed E-state index contributed by atoms with van der Waals surface area (Å²) in [7, 11) is 0. The minimum absolute atomic E-state index is 0.0241. The molecule has 3 rings (SSSR count). The number of aromatic nitrogens is 1. The van der Waals surface area contributed by atoms with Crippen LogP contribution in [0.15, 0.2) is 36.5 Å². The summed E-state index contributed by atoms with van der Waals surface area (Å²) in [6, 6.07) is 7.96. The van der Waals surface area contributed by atoms with Crippen LogP contribution in [0.5, 0.6) is 0 Å². The molecule has 1 saturated heterocycles. The zero-order valence-corrected chi connectivity index (χ0v) is 16.0. The molecule has 1 aliphatic heterocycles. The van der Waals surface area contributed by atoms with Crippen LogP contribution in [0, 0.1) is 18.7 Å². The number of H-pyrrole nitrogens is 1. The molecule has 1 aromatic carbocycles. The molecule has 27 heavy (non-hydrogen) atoms. The standard InChI is InChI=1S/C21H26FN3O2/c1-14(2)19-13-24(21(27)18-10-15(3)11-23-18)9-8-20(26)25(19)12-16-4-6-17(22)7-5-16/h4-7,10-11,14,19,23H,8-9,12-13H2,1-3H3/t19-/m1/s1. The van der Waals surface area contributed by atoms with Gasteiger partial charge in [-0.1, -0.05) is 26.0 Å². The Hall–Kier alpha value is -2.63. The lowest BCUT2D eigenvalue weighted by atomic mass is 10.0. The lowest BCUT2D eigenvalue weighted by Gasteiger charge is -2.34. The van der Waals surface area contributed by atoms with Crippen molar-refractivity contribution in [2.24, 2.45) is 5.92 Å². The third-order valence-electron chi connectivity index (χ3n) is 5.10. The van der Waals surface area contributed by atoms with Crippen molar-refractivity contribution in [3.05, 3.63) is 59.2 Å². The van der Waals surface area contributed by atoms with Gasteiger partial charge in [-0.25, -0.2) is 4.39 Å². The molecule has 0 aliphatic carbocycles. The molecule has 144 valence electrons. The number of benzene rings is 1. The van der Waals surface area contributed by atoms with Crippen molar-refractivity contribution >= 4 is 11.8 Å². The summed E-state index contributed by atoms with van der Waals surface area (Å²) < 4.78 is 13.2. The number of nitrogens with one attached hydrogen (secondary N) is 1. The van der Waals surface area contributed by atoms with Crippen LogP contribution in [0.4, 0.5) is 4.39 Å². The van der Waals surface area contributed by atoms with Gasteiger partial charge >= 0.3 is 0 Å². The summed E-state index contributed by atoms with van der Waals surface area (Å²) >= 11 is 0. The van der Waals surface area contributed by atoms with Gasteiger partial charge in [0, 0.05) is 32.3 Å². The molecule has 1 fully saturated rings. The van der Waals surface area contributed by atoms with E-state index in [4.69, 9.17) is 0 Å². The molecular weight excluding hydrogens is 345 g/mol. The predicted octanol–water partition coefficient (Wildman–Crippen LogP) is 3.36. The molecule has 2 heterocycles. The zero-order valence-electron chi connectivity index (χ0n) is 16.0. The quantitative estimate of drug-likeness (QED) is 0.896. The van der Waals surface area contributed by atoms with Gasteiger partial charge in [0.25, 0.3) is 5.91 Å². The van der Waals surface area contributed by atoms with Crippen molar-refractivity contribution in [2.45, 2.75) is 39.8 Å². The second kappa shape index (κ2) is 7.94. The van der Waals surface area contributed by atoms with Crippen LogP contribution in [0.3, 0.4) is 0 Å². The third-order valence-corrected chi connectivity index (χ3v) is 5.10. The van der Waals surface area contributed by atoms with Gasteiger partial charge in [-0.15, -0.1) is 0 Å². The molecule has 0 unspecified atom stereocenters. The molecule has 0 bridgehead atoms. The molecule has 0 spiro atoms. The molecule has 1 N–H and O–H groups in total. The Morgan fingerprint density at radius 3 is 2.59 bits per heavy atom. The van der Waals surface area contributed by atoms with Crippen molar-refractivity contribution in [1.29, 1.82) is 0 Å². The van der Waals surface area contributed by atoms with Gasteiger partial charge in [0.1, 0.15) is 11.5 Å². The van der Waals surface area contributed by atoms with E-state index in [9.17, 15) is 14.0 Å². The fraction of sp³-hybridized carbons (Fsp3) is 0.429. The third kappa shape index (κ3) is 4.38. The van der Waals surface area contributed by atoms with Crippen molar-refractivity contribution in [2.75, 3.05) is 13.1 Å². The molecule has 2 aromatic rings. The number of rotatable bonds is 4. The normalized spacial score (nSPS) is 18.1. The van der Waals surface area contributed by atoms with Crippen LogP contribution in [0.1, 0.15) is 41.9 Å². The average molecular weight is 371 g/mol. The van der Waals surface area contributed by atoms with Crippen molar-refractivity contribution < 1.29 is 14.0 Å². The number of nitrogens with zero attached hydrogens (tertiary/aromatic N) is 2. The van der Waals surface area contributed by atoms with E-state index in [1.807, 2.05) is 17.9 Å². The van der Waals surface area contributed by atoms with Gasteiger partial charge in [0.05, 0.1) is 6.04 Å². The molecule has 1 aromatic heterocycles. The molecule has 0 saturated carbocycles. The molecule has 0 radical (unpaired) electrons. The Morgan fingerprint density at radius 2 is 2.00 bits per heavy atom. The molecule has 6 heteroatoms. The summed E-state index contributed by atoms with van der Waals surface area (Å²) in [6.07, 6.45) is 2.09. The highest BCUT2D eigenvalue weighted by molar-refractivity contribution is 5.93. The number of halogens is 1. The highest BCUT2D eigenvalue weighted by Gasteiger charge is 2.33. The first-order chi connectivity index (χ1) is 12.8. The Bertz CT molecular complexity index is 813. The number of carbonyl (C=O) groups is 2. The molecular formula is C21H26FN3O2. The maximum absolute atomic E-state index is 13.2. The minimum Gasteiger partial charge on any atom is -0.357 e. The highest BCUT2D eigenvalue weighted by Crippen LogP contribution is 2.22. The second-order valence-corrected chi connectivity index (χ2v) is 7.55. The largest absolute Gasteiger partial charge is 0.357 e. The molecule has 1 atom stereocenters. The van der Waals surface area contributed by atoms with Crippen LogP contribution in [0.2, 0.25) is 0 Å². The lowest BCUT2D eigenvalue weighted by molar-refractivity contribution is -0.134. The second-order valence-electron chi connectivity index (χ2n) is 7.55. The Kier molecular flexibility index (Phi) is 5.63. The maximum Gasteiger partial charge on any atom is 0.270 e. The van der Waals surface area contributed by atoms with E-state index in [0.29, 0.717) is 25.3 Å². The highest BCUT2D eigenvalue weighted by atomic mass is 19.1. The first-order valence-corrected chi connectivity index (χ1v) is 9.33. The number of aromatic amines is 1. The van der Waals surface area contributed by atoms with E-state index in [1.54, 1.807) is 23.2 Å². The minimum atomic E-state index is -0.292. The van der Waals surface area contributed by atoms with Gasteiger partial charge < -0.3 is 14.8 Å². The van der Waals surface area contributed by atoms with Gasteiger partial charge in [-0.2, -0.15) is 0 Å². The van der Waals surface area contributed by atoms with E-state index in [-0.39, 0.29) is 36.0 Å². The number of amides is 2. The lowest BCUT2D eigenvalue weighted by Crippen LogP contribution is -2.47. The van der Waals surface area contributed by atoms with E-state index in [0.717, 1.165) is 11.1 Å². The van der Waals surface area contributed by atoms with Crippen molar-refractivity contribution in [3.63, 3.8) is 0 Å². The summed E-state index contributed by atoms with van der Waals surface area (Å²) in [5, 5.41) is 0. The average Bonchev–Trinajstić information content (AvgIpc) is 3.00. The van der Waals surface area contributed by atoms with E-state index in [2.05, 4.69) is 18.8 Å². The Balaban J connectivity index is 1.81. The fourth-order valence-corrected chi connectivity index (χ4v) is 3.52. The van der Waals surface area contributed by atoms with Crippen LogP contribution >= 0.6 is 0 Å². The van der Waals surface area contributed by atoms with Crippen LogP contribution in [0.25, 0.3) is 0 Å². The maximum atomic E-state index is 13.2. The fourth-order valence-electron chi connectivity index (χ4n) is 3.52.